The van der Waals surface area contributed by atoms with Gasteiger partial charge in [-0.05, 0) is 29.7 Å². The van der Waals surface area contributed by atoms with Crippen LogP contribution < -0.4 is 0 Å². The van der Waals surface area contributed by atoms with Gasteiger partial charge in [-0.2, -0.15) is 4.31 Å². The smallest absolute Gasteiger partial charge is 0.243 e. The fourth-order valence-corrected chi connectivity index (χ4v) is 3.98. The summed E-state index contributed by atoms with van der Waals surface area (Å²) in [6.07, 6.45) is 0. The molecular weight excluding hydrogens is 291 g/mol. The zero-order chi connectivity index (χ0) is 15.7. The molecule has 0 N–H and O–H groups in total. The molecule has 0 saturated carbocycles. The highest BCUT2D eigenvalue weighted by atomic mass is 32.2. The molecule has 0 unspecified atom stereocenters. The average molecular weight is 314 g/mol. The zero-order valence-corrected chi connectivity index (χ0v) is 13.7. The van der Waals surface area contributed by atoms with Crippen molar-refractivity contribution in [3.05, 3.63) is 30.1 Å². The van der Waals surface area contributed by atoms with E-state index in [1.54, 1.807) is 0 Å². The van der Waals surface area contributed by atoms with Crippen LogP contribution in [0.1, 0.15) is 20.8 Å². The van der Waals surface area contributed by atoms with Gasteiger partial charge in [0, 0.05) is 32.7 Å². The monoisotopic (exact) mass is 314 g/mol. The fraction of sp³-hybridized carbons (Fsp3) is 0.600. The summed E-state index contributed by atoms with van der Waals surface area (Å²) < 4.78 is 39.3. The van der Waals surface area contributed by atoms with Crippen molar-refractivity contribution in [2.24, 2.45) is 5.41 Å². The lowest BCUT2D eigenvalue weighted by Gasteiger charge is -2.37. The molecule has 6 heteroatoms. The van der Waals surface area contributed by atoms with Crippen molar-refractivity contribution in [1.82, 2.24) is 9.21 Å². The van der Waals surface area contributed by atoms with Crippen LogP contribution in [-0.2, 0) is 10.0 Å². The third-order valence-corrected chi connectivity index (χ3v) is 5.39. The van der Waals surface area contributed by atoms with Crippen molar-refractivity contribution < 1.29 is 12.8 Å². The van der Waals surface area contributed by atoms with Crippen molar-refractivity contribution in [2.75, 3.05) is 32.7 Å². The van der Waals surface area contributed by atoms with E-state index in [0.717, 1.165) is 19.6 Å². The van der Waals surface area contributed by atoms with Gasteiger partial charge in [0.25, 0.3) is 0 Å². The van der Waals surface area contributed by atoms with Gasteiger partial charge in [0.15, 0.2) is 0 Å². The molecule has 0 atom stereocenters. The maximum atomic E-state index is 12.9. The van der Waals surface area contributed by atoms with E-state index in [4.69, 9.17) is 0 Å². The molecule has 1 heterocycles. The van der Waals surface area contributed by atoms with Crippen LogP contribution in [0.2, 0.25) is 0 Å². The second-order valence-corrected chi connectivity index (χ2v) is 8.63. The van der Waals surface area contributed by atoms with Gasteiger partial charge in [-0.1, -0.05) is 20.8 Å². The molecule has 0 aromatic heterocycles. The number of hydrogen-bond acceptors (Lipinski definition) is 3. The quantitative estimate of drug-likeness (QED) is 0.858. The highest BCUT2D eigenvalue weighted by molar-refractivity contribution is 7.89. The molecule has 1 saturated heterocycles. The first-order chi connectivity index (χ1) is 9.68. The lowest BCUT2D eigenvalue weighted by Crippen LogP contribution is -2.50. The van der Waals surface area contributed by atoms with E-state index < -0.39 is 15.8 Å². The summed E-state index contributed by atoms with van der Waals surface area (Å²) in [6.45, 7) is 9.91. The van der Waals surface area contributed by atoms with Gasteiger partial charge < -0.3 is 4.90 Å². The van der Waals surface area contributed by atoms with E-state index in [0.29, 0.717) is 13.1 Å². The molecule has 4 nitrogen and oxygen atoms in total. The number of sulfonamides is 1. The predicted octanol–water partition coefficient (Wildman–Crippen LogP) is 2.18. The summed E-state index contributed by atoms with van der Waals surface area (Å²) in [5, 5.41) is 0. The van der Waals surface area contributed by atoms with Gasteiger partial charge in [-0.15, -0.1) is 0 Å². The lowest BCUT2D eigenvalue weighted by atomic mass is 9.96. The highest BCUT2D eigenvalue weighted by Crippen LogP contribution is 2.20. The van der Waals surface area contributed by atoms with Gasteiger partial charge >= 0.3 is 0 Å². The number of benzene rings is 1. The Balaban J connectivity index is 2.03. The third kappa shape index (κ3) is 4.25. The SMILES string of the molecule is CC(C)(C)CN1CCN(S(=O)(=O)c2ccc(F)cc2)CC1. The first kappa shape index (κ1) is 16.4. The molecule has 1 aliphatic heterocycles. The lowest BCUT2D eigenvalue weighted by molar-refractivity contribution is 0.141. The summed E-state index contributed by atoms with van der Waals surface area (Å²) in [5.41, 5.74) is 0.206. The summed E-state index contributed by atoms with van der Waals surface area (Å²) >= 11 is 0. The van der Waals surface area contributed by atoms with E-state index in [1.165, 1.54) is 28.6 Å². The Morgan fingerprint density at radius 2 is 1.57 bits per heavy atom. The second kappa shape index (κ2) is 6.02. The molecule has 0 bridgehead atoms. The fourth-order valence-electron chi connectivity index (χ4n) is 2.55. The van der Waals surface area contributed by atoms with Gasteiger partial charge in [0.05, 0.1) is 4.90 Å². The minimum Gasteiger partial charge on any atom is -0.300 e. The van der Waals surface area contributed by atoms with Crippen LogP contribution in [0.4, 0.5) is 4.39 Å². The maximum Gasteiger partial charge on any atom is 0.243 e. The van der Waals surface area contributed by atoms with Crippen molar-refractivity contribution in [3.8, 4) is 0 Å². The van der Waals surface area contributed by atoms with Gasteiger partial charge in [0.2, 0.25) is 10.0 Å². The molecule has 0 aliphatic carbocycles. The van der Waals surface area contributed by atoms with Crippen molar-refractivity contribution in [2.45, 2.75) is 25.7 Å². The summed E-state index contributed by atoms with van der Waals surface area (Å²) in [5.74, 6) is -0.427. The van der Waals surface area contributed by atoms with Gasteiger partial charge in [-0.3, -0.25) is 0 Å². The largest absolute Gasteiger partial charge is 0.300 e. The molecule has 1 fully saturated rings. The predicted molar refractivity (Wildman–Crippen MR) is 81.1 cm³/mol. The Labute approximate surface area is 126 Å². The van der Waals surface area contributed by atoms with Crippen LogP contribution in [0.15, 0.2) is 29.2 Å². The minimum atomic E-state index is -3.51. The number of rotatable bonds is 3. The number of piperazine rings is 1. The molecule has 1 aromatic rings. The van der Waals surface area contributed by atoms with Crippen LogP contribution in [0.3, 0.4) is 0 Å². The van der Waals surface area contributed by atoms with E-state index in [1.807, 2.05) is 0 Å². The Morgan fingerprint density at radius 3 is 2.05 bits per heavy atom. The number of hydrogen-bond donors (Lipinski definition) is 0. The minimum absolute atomic E-state index is 0.160. The highest BCUT2D eigenvalue weighted by Gasteiger charge is 2.29. The summed E-state index contributed by atoms with van der Waals surface area (Å²) in [6, 6.07) is 5.02. The molecule has 0 amide bonds. The Kier molecular flexibility index (Phi) is 4.70. The summed E-state index contributed by atoms with van der Waals surface area (Å²) in [7, 11) is -3.51. The molecule has 0 spiro atoms. The Bertz CT molecular complexity index is 571. The first-order valence-corrected chi connectivity index (χ1v) is 8.61. The van der Waals surface area contributed by atoms with E-state index in [2.05, 4.69) is 25.7 Å². The van der Waals surface area contributed by atoms with Crippen molar-refractivity contribution in [1.29, 1.82) is 0 Å². The average Bonchev–Trinajstić information content (AvgIpc) is 2.38. The van der Waals surface area contributed by atoms with Crippen LogP contribution >= 0.6 is 0 Å². The normalized spacial score (nSPS) is 18.9. The molecule has 1 aliphatic rings. The molecular formula is C15H23FN2O2S. The molecule has 1 aromatic carbocycles. The molecule has 0 radical (unpaired) electrons. The Morgan fingerprint density at radius 1 is 1.05 bits per heavy atom. The van der Waals surface area contributed by atoms with Crippen molar-refractivity contribution >= 4 is 10.0 Å². The molecule has 2 rings (SSSR count). The number of nitrogens with zero attached hydrogens (tertiary/aromatic N) is 2. The standard InChI is InChI=1S/C15H23FN2O2S/c1-15(2,3)12-17-8-10-18(11-9-17)21(19,20)14-6-4-13(16)5-7-14/h4-7H,8-12H2,1-3H3. The summed E-state index contributed by atoms with van der Waals surface area (Å²) in [4.78, 5) is 2.45. The topological polar surface area (TPSA) is 40.6 Å². The maximum absolute atomic E-state index is 12.9. The third-order valence-electron chi connectivity index (χ3n) is 3.48. The van der Waals surface area contributed by atoms with E-state index in [9.17, 15) is 12.8 Å². The van der Waals surface area contributed by atoms with Crippen LogP contribution in [0.25, 0.3) is 0 Å². The van der Waals surface area contributed by atoms with Crippen molar-refractivity contribution in [3.63, 3.8) is 0 Å². The first-order valence-electron chi connectivity index (χ1n) is 7.17. The van der Waals surface area contributed by atoms with E-state index in [-0.39, 0.29) is 10.3 Å². The zero-order valence-electron chi connectivity index (χ0n) is 12.8. The van der Waals surface area contributed by atoms with Crippen LogP contribution in [0.5, 0.6) is 0 Å². The van der Waals surface area contributed by atoms with Gasteiger partial charge in [-0.25, -0.2) is 12.8 Å². The van der Waals surface area contributed by atoms with Gasteiger partial charge in [0.1, 0.15) is 5.82 Å². The second-order valence-electron chi connectivity index (χ2n) is 6.69. The molecule has 118 valence electrons. The molecule has 21 heavy (non-hydrogen) atoms. The Hall–Kier alpha value is -0.980. The van der Waals surface area contributed by atoms with Crippen LogP contribution in [0, 0.1) is 11.2 Å². The number of halogens is 1. The van der Waals surface area contributed by atoms with Crippen LogP contribution in [-0.4, -0.2) is 50.3 Å². The van der Waals surface area contributed by atoms with E-state index >= 15 is 0 Å².